The molecule has 1 saturated heterocycles. The number of carbonyl (C=O) groups excluding carboxylic acids is 2. The van der Waals surface area contributed by atoms with Crippen LogP contribution in [0.25, 0.3) is 5.57 Å². The van der Waals surface area contributed by atoms with Gasteiger partial charge in [0.25, 0.3) is 0 Å². The molecule has 4 aliphatic carbocycles. The van der Waals surface area contributed by atoms with Crippen LogP contribution < -0.4 is 9.64 Å². The molecule has 7 rings (SSSR count). The van der Waals surface area contributed by atoms with Gasteiger partial charge < -0.3 is 4.74 Å². The van der Waals surface area contributed by atoms with Gasteiger partial charge in [-0.1, -0.05) is 50.6 Å². The van der Waals surface area contributed by atoms with Gasteiger partial charge in [0.15, 0.2) is 0 Å². The molecule has 0 unspecified atom stereocenters. The Balaban J connectivity index is 1.39. The van der Waals surface area contributed by atoms with Crippen molar-refractivity contribution in [1.82, 2.24) is 0 Å². The quantitative estimate of drug-likeness (QED) is 0.446. The molecular formula is C33H37NO3. The summed E-state index contributed by atoms with van der Waals surface area (Å²) >= 11 is 0. The standard InChI is InChI=1S/C33H37NO3/c1-32(2)20-14-15-33(32,3)27(17-20)25-18-26-29(31(36)34(30(26)35)21-8-6-5-7-9-21)24-12-10-19-16-22(37-4)11-13-23(19)28(24)25/h5-9,11,13,16,20,24,26-27,29H,10,12,14-15,17-18H2,1-4H3/t20-,24+,26+,27-,29-,33+/m0/s1. The number of methoxy groups -OCH3 is 1. The number of hydrogen-bond acceptors (Lipinski definition) is 3. The Morgan fingerprint density at radius 1 is 0.946 bits per heavy atom. The average Bonchev–Trinajstić information content (AvgIpc) is 3.38. The van der Waals surface area contributed by atoms with Gasteiger partial charge >= 0.3 is 0 Å². The lowest BCUT2D eigenvalue weighted by Crippen LogP contribution is -2.39. The van der Waals surface area contributed by atoms with Crippen molar-refractivity contribution in [1.29, 1.82) is 0 Å². The molecule has 1 aliphatic heterocycles. The molecule has 2 aromatic rings. The second-order valence-electron chi connectivity index (χ2n) is 13.0. The molecule has 0 radical (unpaired) electrons. The molecule has 192 valence electrons. The fourth-order valence-corrected chi connectivity index (χ4v) is 9.25. The summed E-state index contributed by atoms with van der Waals surface area (Å²) in [7, 11) is 1.72. The van der Waals surface area contributed by atoms with E-state index >= 15 is 0 Å². The maximum Gasteiger partial charge on any atom is 0.238 e. The van der Waals surface area contributed by atoms with Gasteiger partial charge in [-0.25, -0.2) is 0 Å². The van der Waals surface area contributed by atoms with Gasteiger partial charge in [0, 0.05) is 0 Å². The first-order valence-electron chi connectivity index (χ1n) is 14.1. The molecule has 0 N–H and O–H groups in total. The van der Waals surface area contributed by atoms with Gasteiger partial charge in [-0.05, 0) is 108 Å². The number of para-hydroxylation sites is 1. The van der Waals surface area contributed by atoms with Crippen molar-refractivity contribution >= 4 is 23.1 Å². The SMILES string of the molecule is COc1ccc2c(c1)CC[C@@H]1C2=C([C@@H]2C[C@@H]3CC[C@@]2(C)C3(C)C)C[C@H]2C(=O)N(c3ccccc3)C(=O)[C@@H]12. The summed E-state index contributed by atoms with van der Waals surface area (Å²) < 4.78 is 5.57. The molecule has 2 aromatic carbocycles. The van der Waals surface area contributed by atoms with Crippen molar-refractivity contribution in [3.63, 3.8) is 0 Å². The Labute approximate surface area is 220 Å². The van der Waals surface area contributed by atoms with E-state index in [1.807, 2.05) is 30.3 Å². The fourth-order valence-electron chi connectivity index (χ4n) is 9.25. The third-order valence-electron chi connectivity index (χ3n) is 11.6. The molecule has 3 fully saturated rings. The number of amides is 2. The summed E-state index contributed by atoms with van der Waals surface area (Å²) in [6, 6.07) is 16.0. The Kier molecular flexibility index (Phi) is 4.91. The summed E-state index contributed by atoms with van der Waals surface area (Å²) in [6.07, 6.45) is 6.33. The summed E-state index contributed by atoms with van der Waals surface area (Å²) in [6.45, 7) is 7.45. The molecule has 0 spiro atoms. The van der Waals surface area contributed by atoms with Gasteiger partial charge in [-0.15, -0.1) is 0 Å². The van der Waals surface area contributed by atoms with Crippen LogP contribution in [0.1, 0.15) is 64.0 Å². The van der Waals surface area contributed by atoms with Gasteiger partial charge in [0.1, 0.15) is 5.75 Å². The van der Waals surface area contributed by atoms with E-state index < -0.39 is 0 Å². The maximum atomic E-state index is 14.0. The minimum Gasteiger partial charge on any atom is -0.497 e. The minimum absolute atomic E-state index is 0.000745. The van der Waals surface area contributed by atoms with Crippen LogP contribution in [0.4, 0.5) is 5.69 Å². The smallest absolute Gasteiger partial charge is 0.238 e. The molecule has 6 atom stereocenters. The highest BCUT2D eigenvalue weighted by molar-refractivity contribution is 6.23. The topological polar surface area (TPSA) is 46.6 Å². The van der Waals surface area contributed by atoms with E-state index in [1.54, 1.807) is 7.11 Å². The van der Waals surface area contributed by atoms with E-state index in [0.29, 0.717) is 17.0 Å². The largest absolute Gasteiger partial charge is 0.497 e. The van der Waals surface area contributed by atoms with E-state index in [-0.39, 0.29) is 35.0 Å². The average molecular weight is 496 g/mol. The zero-order valence-electron chi connectivity index (χ0n) is 22.4. The van der Waals surface area contributed by atoms with Crippen molar-refractivity contribution < 1.29 is 14.3 Å². The zero-order chi connectivity index (χ0) is 25.7. The van der Waals surface area contributed by atoms with Crippen LogP contribution in [0.5, 0.6) is 5.75 Å². The molecule has 2 saturated carbocycles. The highest BCUT2D eigenvalue weighted by Crippen LogP contribution is 2.71. The number of aryl methyl sites for hydroxylation is 1. The number of anilines is 1. The number of ether oxygens (including phenoxy) is 1. The van der Waals surface area contributed by atoms with Crippen LogP contribution in [0, 0.1) is 40.4 Å². The second-order valence-corrected chi connectivity index (χ2v) is 13.0. The minimum atomic E-state index is -0.263. The number of nitrogens with zero attached hydrogens (tertiary/aromatic N) is 1. The number of fused-ring (bicyclic) bond motifs is 7. The Hall–Kier alpha value is -2.88. The molecule has 4 nitrogen and oxygen atoms in total. The number of imide groups is 1. The number of carbonyl (C=O) groups is 2. The Morgan fingerprint density at radius 3 is 2.41 bits per heavy atom. The van der Waals surface area contributed by atoms with Gasteiger partial charge in [0.2, 0.25) is 11.8 Å². The molecule has 1 heterocycles. The van der Waals surface area contributed by atoms with E-state index in [9.17, 15) is 9.59 Å². The van der Waals surface area contributed by atoms with Crippen molar-refractivity contribution in [2.45, 2.75) is 59.3 Å². The molecule has 4 heteroatoms. The normalized spacial score (nSPS) is 35.5. The van der Waals surface area contributed by atoms with E-state index in [2.05, 4.69) is 39.0 Å². The Bertz CT molecular complexity index is 1340. The second kappa shape index (κ2) is 7.82. The number of benzene rings is 2. The predicted octanol–water partition coefficient (Wildman–Crippen LogP) is 6.68. The van der Waals surface area contributed by atoms with Crippen LogP contribution in [0.2, 0.25) is 0 Å². The zero-order valence-corrected chi connectivity index (χ0v) is 22.4. The Morgan fingerprint density at radius 2 is 1.73 bits per heavy atom. The van der Waals surface area contributed by atoms with Crippen LogP contribution in [-0.2, 0) is 16.0 Å². The molecule has 2 amide bonds. The first kappa shape index (κ1) is 23.3. The third-order valence-corrected chi connectivity index (χ3v) is 11.6. The number of rotatable bonds is 3. The van der Waals surface area contributed by atoms with Crippen molar-refractivity contribution in [2.24, 2.45) is 40.4 Å². The summed E-state index contributed by atoms with van der Waals surface area (Å²) in [5.74, 6) is 1.69. The number of allylic oxidation sites excluding steroid dienone is 2. The molecule has 5 aliphatic rings. The summed E-state index contributed by atoms with van der Waals surface area (Å²) in [4.78, 5) is 29.5. The van der Waals surface area contributed by atoms with E-state index in [1.165, 1.54) is 46.4 Å². The molecule has 37 heavy (non-hydrogen) atoms. The lowest BCUT2D eigenvalue weighted by Gasteiger charge is -2.46. The lowest BCUT2D eigenvalue weighted by molar-refractivity contribution is -0.122. The van der Waals surface area contributed by atoms with Gasteiger partial charge in [-0.3, -0.25) is 14.5 Å². The van der Waals surface area contributed by atoms with Crippen LogP contribution >= 0.6 is 0 Å². The monoisotopic (exact) mass is 495 g/mol. The molecular weight excluding hydrogens is 458 g/mol. The maximum absolute atomic E-state index is 14.0. The fraction of sp³-hybridized carbons (Fsp3) is 0.515. The van der Waals surface area contributed by atoms with Crippen LogP contribution in [0.15, 0.2) is 54.1 Å². The van der Waals surface area contributed by atoms with Crippen molar-refractivity contribution in [2.75, 3.05) is 12.0 Å². The van der Waals surface area contributed by atoms with Crippen LogP contribution in [-0.4, -0.2) is 18.9 Å². The van der Waals surface area contributed by atoms with E-state index in [0.717, 1.165) is 30.9 Å². The molecule has 0 aromatic heterocycles. The van der Waals surface area contributed by atoms with Gasteiger partial charge in [-0.2, -0.15) is 0 Å². The number of hydrogen-bond donors (Lipinski definition) is 0. The van der Waals surface area contributed by atoms with Crippen LogP contribution in [0.3, 0.4) is 0 Å². The first-order valence-corrected chi connectivity index (χ1v) is 14.1. The van der Waals surface area contributed by atoms with Crippen molar-refractivity contribution in [3.8, 4) is 5.75 Å². The van der Waals surface area contributed by atoms with E-state index in [4.69, 9.17) is 4.74 Å². The highest BCUT2D eigenvalue weighted by atomic mass is 16.5. The first-order chi connectivity index (χ1) is 17.8. The van der Waals surface area contributed by atoms with Gasteiger partial charge in [0.05, 0.1) is 24.6 Å². The molecule has 2 bridgehead atoms. The lowest BCUT2D eigenvalue weighted by atomic mass is 9.57. The highest BCUT2D eigenvalue weighted by Gasteiger charge is 2.64. The van der Waals surface area contributed by atoms with Crippen molar-refractivity contribution in [3.05, 3.63) is 65.2 Å². The third kappa shape index (κ3) is 2.96. The summed E-state index contributed by atoms with van der Waals surface area (Å²) in [5, 5.41) is 0. The predicted molar refractivity (Wildman–Crippen MR) is 145 cm³/mol. The summed E-state index contributed by atoms with van der Waals surface area (Å²) in [5.41, 5.74) is 6.75.